The minimum atomic E-state index is -0.320. The fraction of sp³-hybridized carbons (Fsp3) is 0.556. The summed E-state index contributed by atoms with van der Waals surface area (Å²) < 4.78 is 5.28. The quantitative estimate of drug-likeness (QED) is 0.767. The second kappa shape index (κ2) is 9.02. The Morgan fingerprint density at radius 1 is 1.48 bits per heavy atom. The van der Waals surface area contributed by atoms with Crippen LogP contribution in [0.2, 0.25) is 0 Å². The summed E-state index contributed by atoms with van der Waals surface area (Å²) in [6.07, 6.45) is 4.64. The molecule has 0 bridgehead atoms. The van der Waals surface area contributed by atoms with Gasteiger partial charge in [-0.05, 0) is 31.4 Å². The minimum Gasteiger partial charge on any atom is -0.449 e. The van der Waals surface area contributed by atoms with Crippen LogP contribution in [0.1, 0.15) is 45.2 Å². The predicted octanol–water partition coefficient (Wildman–Crippen LogP) is 2.71. The summed E-state index contributed by atoms with van der Waals surface area (Å²) in [5.41, 5.74) is 0.940. The van der Waals surface area contributed by atoms with Crippen molar-refractivity contribution in [3.8, 4) is 6.07 Å². The summed E-state index contributed by atoms with van der Waals surface area (Å²) >= 11 is 0. The van der Waals surface area contributed by atoms with E-state index in [2.05, 4.69) is 4.98 Å². The van der Waals surface area contributed by atoms with Gasteiger partial charge in [-0.25, -0.2) is 9.78 Å². The van der Waals surface area contributed by atoms with Crippen molar-refractivity contribution in [1.82, 2.24) is 9.88 Å². The Hall–Kier alpha value is -2.62. The van der Waals surface area contributed by atoms with Gasteiger partial charge in [0.2, 0.25) is 5.91 Å². The van der Waals surface area contributed by atoms with E-state index in [4.69, 9.17) is 10.00 Å². The standard InChI is InChI=1S/C18H24N4O3/c1-3-4-10-25-18(24)21-9-5-6-17(13-21)22(14(2)23)16-8-7-15(11-19)20-12-16/h7-8,12,17H,3-6,9-10,13H2,1-2H3/t17-/m1/s1. The van der Waals surface area contributed by atoms with Crippen molar-refractivity contribution >= 4 is 17.7 Å². The number of rotatable bonds is 5. The molecule has 2 rings (SSSR count). The fourth-order valence-corrected chi connectivity index (χ4v) is 2.97. The molecule has 7 nitrogen and oxygen atoms in total. The van der Waals surface area contributed by atoms with E-state index in [9.17, 15) is 9.59 Å². The number of nitrogens with zero attached hydrogens (tertiary/aromatic N) is 4. The lowest BCUT2D eigenvalue weighted by Gasteiger charge is -2.38. The molecule has 1 aromatic rings. The molecule has 1 atom stereocenters. The topological polar surface area (TPSA) is 86.5 Å². The van der Waals surface area contributed by atoms with Gasteiger partial charge in [0.15, 0.2) is 0 Å². The summed E-state index contributed by atoms with van der Waals surface area (Å²) in [6.45, 7) is 5.04. The SMILES string of the molecule is CCCCOC(=O)N1CCC[C@@H](N(C(C)=O)c2ccc(C#N)nc2)C1. The van der Waals surface area contributed by atoms with Crippen LogP contribution in [0, 0.1) is 11.3 Å². The second-order valence-corrected chi connectivity index (χ2v) is 6.11. The summed E-state index contributed by atoms with van der Waals surface area (Å²) in [5, 5.41) is 8.86. The maximum Gasteiger partial charge on any atom is 0.409 e. The lowest BCUT2D eigenvalue weighted by molar-refractivity contribution is -0.117. The minimum absolute atomic E-state index is 0.113. The van der Waals surface area contributed by atoms with Crippen molar-refractivity contribution in [2.45, 2.75) is 45.6 Å². The lowest BCUT2D eigenvalue weighted by Crippen LogP contribution is -2.51. The van der Waals surface area contributed by atoms with Gasteiger partial charge >= 0.3 is 6.09 Å². The Labute approximate surface area is 148 Å². The molecule has 0 aliphatic carbocycles. The van der Waals surface area contributed by atoms with Gasteiger partial charge in [-0.1, -0.05) is 13.3 Å². The molecule has 0 N–H and O–H groups in total. The van der Waals surface area contributed by atoms with E-state index >= 15 is 0 Å². The maximum absolute atomic E-state index is 12.2. The number of carbonyl (C=O) groups is 2. The first kappa shape index (κ1) is 18.7. The number of amides is 2. The van der Waals surface area contributed by atoms with Crippen LogP contribution in [-0.2, 0) is 9.53 Å². The van der Waals surface area contributed by atoms with Crippen LogP contribution in [0.4, 0.5) is 10.5 Å². The molecule has 2 amide bonds. The van der Waals surface area contributed by atoms with Crippen LogP contribution in [0.3, 0.4) is 0 Å². The number of anilines is 1. The number of nitriles is 1. The van der Waals surface area contributed by atoms with Gasteiger partial charge in [0.25, 0.3) is 0 Å². The number of carbonyl (C=O) groups excluding carboxylic acids is 2. The lowest BCUT2D eigenvalue weighted by atomic mass is 10.0. The van der Waals surface area contributed by atoms with Crippen molar-refractivity contribution in [2.24, 2.45) is 0 Å². The van der Waals surface area contributed by atoms with Crippen molar-refractivity contribution in [1.29, 1.82) is 5.26 Å². The first-order valence-corrected chi connectivity index (χ1v) is 8.64. The Bertz CT molecular complexity index is 639. The van der Waals surface area contributed by atoms with E-state index in [1.54, 1.807) is 21.9 Å². The van der Waals surface area contributed by atoms with E-state index in [0.717, 1.165) is 25.7 Å². The highest BCUT2D eigenvalue weighted by Gasteiger charge is 2.31. The average molecular weight is 344 g/mol. The molecule has 0 radical (unpaired) electrons. The third-order valence-corrected chi connectivity index (χ3v) is 4.22. The molecule has 2 heterocycles. The Kier molecular flexibility index (Phi) is 6.75. The van der Waals surface area contributed by atoms with Gasteiger partial charge in [0.1, 0.15) is 11.8 Å². The molecule has 0 unspecified atom stereocenters. The summed E-state index contributed by atoms with van der Waals surface area (Å²) in [6, 6.07) is 5.14. The number of ether oxygens (including phenoxy) is 1. The zero-order valence-corrected chi connectivity index (χ0v) is 14.8. The van der Waals surface area contributed by atoms with Crippen LogP contribution in [0.5, 0.6) is 0 Å². The fourth-order valence-electron chi connectivity index (χ4n) is 2.97. The van der Waals surface area contributed by atoms with Gasteiger partial charge in [-0.15, -0.1) is 0 Å². The van der Waals surface area contributed by atoms with Crippen LogP contribution in [0.25, 0.3) is 0 Å². The second-order valence-electron chi connectivity index (χ2n) is 6.11. The van der Waals surface area contributed by atoms with Crippen molar-refractivity contribution in [2.75, 3.05) is 24.6 Å². The molecule has 25 heavy (non-hydrogen) atoms. The third kappa shape index (κ3) is 4.92. The average Bonchev–Trinajstić information content (AvgIpc) is 2.62. The number of aromatic nitrogens is 1. The van der Waals surface area contributed by atoms with Crippen LogP contribution < -0.4 is 4.90 Å². The Balaban J connectivity index is 2.08. The summed E-state index contributed by atoms with van der Waals surface area (Å²) in [4.78, 5) is 31.7. The number of hydrogen-bond donors (Lipinski definition) is 0. The summed E-state index contributed by atoms with van der Waals surface area (Å²) in [5.74, 6) is -0.113. The van der Waals surface area contributed by atoms with Crippen molar-refractivity contribution in [3.63, 3.8) is 0 Å². The summed E-state index contributed by atoms with van der Waals surface area (Å²) in [7, 11) is 0. The third-order valence-electron chi connectivity index (χ3n) is 4.22. The van der Waals surface area contributed by atoms with Gasteiger partial charge in [-0.2, -0.15) is 5.26 Å². The normalized spacial score (nSPS) is 16.8. The van der Waals surface area contributed by atoms with Gasteiger partial charge in [0.05, 0.1) is 24.5 Å². The van der Waals surface area contributed by atoms with Crippen LogP contribution in [-0.4, -0.2) is 47.6 Å². The maximum atomic E-state index is 12.2. The van der Waals surface area contributed by atoms with E-state index in [1.165, 1.54) is 13.1 Å². The predicted molar refractivity (Wildman–Crippen MR) is 93.0 cm³/mol. The first-order valence-electron chi connectivity index (χ1n) is 8.64. The molecule has 1 aliphatic heterocycles. The molecule has 134 valence electrons. The zero-order valence-electron chi connectivity index (χ0n) is 14.8. The monoisotopic (exact) mass is 344 g/mol. The molecule has 0 saturated carbocycles. The molecule has 1 aromatic heterocycles. The van der Waals surface area contributed by atoms with Crippen LogP contribution >= 0.6 is 0 Å². The number of hydrogen-bond acceptors (Lipinski definition) is 5. The van der Waals surface area contributed by atoms with E-state index in [1.807, 2.05) is 13.0 Å². The van der Waals surface area contributed by atoms with Gasteiger partial charge < -0.3 is 14.5 Å². The van der Waals surface area contributed by atoms with E-state index in [0.29, 0.717) is 31.1 Å². The van der Waals surface area contributed by atoms with Gasteiger partial charge in [-0.3, -0.25) is 4.79 Å². The number of likely N-dealkylation sites (tertiary alicyclic amines) is 1. The molecule has 7 heteroatoms. The zero-order chi connectivity index (χ0) is 18.2. The van der Waals surface area contributed by atoms with E-state index in [-0.39, 0.29) is 18.0 Å². The molecule has 0 spiro atoms. The largest absolute Gasteiger partial charge is 0.449 e. The molecule has 1 fully saturated rings. The highest BCUT2D eigenvalue weighted by Crippen LogP contribution is 2.23. The molecular weight excluding hydrogens is 320 g/mol. The van der Waals surface area contributed by atoms with Crippen molar-refractivity contribution in [3.05, 3.63) is 24.0 Å². The van der Waals surface area contributed by atoms with E-state index < -0.39 is 0 Å². The molecular formula is C18H24N4O3. The van der Waals surface area contributed by atoms with Gasteiger partial charge in [0, 0.05) is 20.0 Å². The first-order chi connectivity index (χ1) is 12.1. The number of piperidine rings is 1. The molecule has 0 aromatic carbocycles. The van der Waals surface area contributed by atoms with Crippen molar-refractivity contribution < 1.29 is 14.3 Å². The molecule has 1 aliphatic rings. The highest BCUT2D eigenvalue weighted by atomic mass is 16.6. The number of pyridine rings is 1. The highest BCUT2D eigenvalue weighted by molar-refractivity contribution is 5.92. The Morgan fingerprint density at radius 3 is 2.88 bits per heavy atom. The number of unbranched alkanes of at least 4 members (excludes halogenated alkanes) is 1. The molecule has 1 saturated heterocycles. The smallest absolute Gasteiger partial charge is 0.409 e. The Morgan fingerprint density at radius 2 is 2.28 bits per heavy atom. The van der Waals surface area contributed by atoms with Crippen LogP contribution in [0.15, 0.2) is 18.3 Å².